The average molecular weight is 642 g/mol. The van der Waals surface area contributed by atoms with Gasteiger partial charge >= 0.3 is 0 Å². The van der Waals surface area contributed by atoms with Crippen LogP contribution in [-0.2, 0) is 0 Å². The number of hydrogen-bond donors (Lipinski definition) is 0. The Labute approximate surface area is 289 Å². The van der Waals surface area contributed by atoms with Crippen molar-refractivity contribution in [1.29, 1.82) is 0 Å². The van der Waals surface area contributed by atoms with Crippen molar-refractivity contribution in [2.45, 2.75) is 0 Å². The maximum atomic E-state index is 6.94. The van der Waals surface area contributed by atoms with Crippen LogP contribution >= 0.6 is 0 Å². The number of furan rings is 1. The van der Waals surface area contributed by atoms with E-state index in [2.05, 4.69) is 160 Å². The molecule has 5 nitrogen and oxygen atoms in total. The molecule has 6 heteroatoms. The van der Waals surface area contributed by atoms with E-state index in [1.54, 1.807) is 0 Å². The van der Waals surface area contributed by atoms with Crippen molar-refractivity contribution in [2.24, 2.45) is 0 Å². The minimum Gasteiger partial charge on any atom is -0.468 e. The van der Waals surface area contributed by atoms with Gasteiger partial charge in [-0.25, -0.2) is 0 Å². The number of para-hydroxylation sites is 8. The molecule has 7 aromatic carbocycles. The number of fused-ring (bicyclic) bond motifs is 8. The molecule has 0 amide bonds. The predicted molar refractivity (Wildman–Crippen MR) is 205 cm³/mol. The van der Waals surface area contributed by atoms with Gasteiger partial charge in [-0.2, -0.15) is 0 Å². The average Bonchev–Trinajstić information content (AvgIpc) is 3.56. The summed E-state index contributed by atoms with van der Waals surface area (Å²) in [7, 11) is 0. The third-order valence-electron chi connectivity index (χ3n) is 10.2. The first-order chi connectivity index (χ1) is 24.8. The smallest absolute Gasteiger partial charge is 0.297 e. The van der Waals surface area contributed by atoms with E-state index in [1.165, 1.54) is 10.9 Å². The van der Waals surface area contributed by atoms with Crippen LogP contribution in [0.15, 0.2) is 174 Å². The topological polar surface area (TPSA) is 32.1 Å². The highest BCUT2D eigenvalue weighted by molar-refractivity contribution is 7.00. The molecule has 3 aliphatic heterocycles. The summed E-state index contributed by atoms with van der Waals surface area (Å²) in [6.45, 7) is -0.114. The first-order valence-corrected chi connectivity index (χ1v) is 17.0. The summed E-state index contributed by atoms with van der Waals surface area (Å²) in [5, 5.41) is 1.09. The van der Waals surface area contributed by atoms with E-state index in [1.807, 2.05) is 24.3 Å². The van der Waals surface area contributed by atoms with Crippen molar-refractivity contribution in [2.75, 3.05) is 14.7 Å². The van der Waals surface area contributed by atoms with E-state index < -0.39 is 0 Å². The molecule has 1 aromatic heterocycles. The van der Waals surface area contributed by atoms with Crippen LogP contribution in [0.1, 0.15) is 0 Å². The van der Waals surface area contributed by atoms with Crippen molar-refractivity contribution in [3.63, 3.8) is 0 Å². The van der Waals surface area contributed by atoms with Gasteiger partial charge in [0.25, 0.3) is 6.71 Å². The third-order valence-corrected chi connectivity index (χ3v) is 10.2. The largest absolute Gasteiger partial charge is 0.468 e. The van der Waals surface area contributed by atoms with Crippen LogP contribution in [-0.4, -0.2) is 6.71 Å². The standard InChI is InChI=1S/C44H28BN3O2/c1-3-15-29(16-4-1)46-34-21-9-8-20-33(34)45-42-37(46)27-31(47-35-22-10-13-25-40(35)49-41-26-14-11-23-36(41)47)28-38(42)48(30-17-5-2-6-18-30)43-32-19-7-12-24-39(32)50-44(43)45/h1-28H. The summed E-state index contributed by atoms with van der Waals surface area (Å²) in [4.78, 5) is 7.18. The first-order valence-electron chi connectivity index (χ1n) is 17.0. The van der Waals surface area contributed by atoms with E-state index in [0.717, 1.165) is 79.3 Å². The van der Waals surface area contributed by atoms with Gasteiger partial charge in [-0.1, -0.05) is 91.0 Å². The fourth-order valence-corrected chi connectivity index (χ4v) is 8.18. The zero-order chi connectivity index (χ0) is 32.8. The molecule has 0 saturated carbocycles. The van der Waals surface area contributed by atoms with Gasteiger partial charge in [0.05, 0.1) is 28.4 Å². The van der Waals surface area contributed by atoms with Gasteiger partial charge in [-0.3, -0.25) is 0 Å². The van der Waals surface area contributed by atoms with Crippen LogP contribution < -0.4 is 36.0 Å². The molecule has 0 unspecified atom stereocenters. The van der Waals surface area contributed by atoms with Gasteiger partial charge in [0.15, 0.2) is 11.5 Å². The van der Waals surface area contributed by atoms with Gasteiger partial charge < -0.3 is 23.9 Å². The molecule has 50 heavy (non-hydrogen) atoms. The van der Waals surface area contributed by atoms with E-state index in [0.29, 0.717) is 0 Å². The minimum absolute atomic E-state index is 0.114. The van der Waals surface area contributed by atoms with Gasteiger partial charge in [-0.05, 0) is 89.8 Å². The highest BCUT2D eigenvalue weighted by Crippen LogP contribution is 2.53. The Morgan fingerprint density at radius 1 is 0.420 bits per heavy atom. The molecule has 0 fully saturated rings. The monoisotopic (exact) mass is 641 g/mol. The third kappa shape index (κ3) is 3.78. The molecule has 4 heterocycles. The Morgan fingerprint density at radius 2 is 0.940 bits per heavy atom. The van der Waals surface area contributed by atoms with E-state index in [4.69, 9.17) is 9.15 Å². The van der Waals surface area contributed by atoms with Crippen molar-refractivity contribution >= 4 is 85.5 Å². The highest BCUT2D eigenvalue weighted by Gasteiger charge is 2.47. The summed E-state index contributed by atoms with van der Waals surface area (Å²) in [6.07, 6.45) is 0. The van der Waals surface area contributed by atoms with E-state index in [9.17, 15) is 0 Å². The maximum Gasteiger partial charge on any atom is 0.297 e. The zero-order valence-electron chi connectivity index (χ0n) is 26.9. The number of anilines is 9. The van der Waals surface area contributed by atoms with Crippen molar-refractivity contribution in [3.8, 4) is 11.5 Å². The quantitative estimate of drug-likeness (QED) is 0.179. The fraction of sp³-hybridized carbons (Fsp3) is 0. The molecular weight excluding hydrogens is 613 g/mol. The molecule has 0 bridgehead atoms. The highest BCUT2D eigenvalue weighted by atomic mass is 16.5. The molecular formula is C44H28BN3O2. The lowest BCUT2D eigenvalue weighted by Crippen LogP contribution is -2.61. The molecule has 0 saturated heterocycles. The van der Waals surface area contributed by atoms with Crippen LogP contribution in [0.5, 0.6) is 11.5 Å². The summed E-state index contributed by atoms with van der Waals surface area (Å²) < 4.78 is 13.4. The van der Waals surface area contributed by atoms with Gasteiger partial charge in [-0.15, -0.1) is 0 Å². The lowest BCUT2D eigenvalue weighted by atomic mass is 9.35. The maximum absolute atomic E-state index is 6.94. The van der Waals surface area contributed by atoms with Crippen LogP contribution in [0.25, 0.3) is 11.0 Å². The Morgan fingerprint density at radius 3 is 1.64 bits per heavy atom. The number of benzene rings is 7. The van der Waals surface area contributed by atoms with Crippen molar-refractivity contribution < 1.29 is 9.15 Å². The van der Waals surface area contributed by atoms with Gasteiger partial charge in [0.1, 0.15) is 5.58 Å². The lowest BCUT2D eigenvalue weighted by molar-refractivity contribution is 0.477. The summed E-state index contributed by atoms with van der Waals surface area (Å²) in [6, 6.07) is 59.9. The van der Waals surface area contributed by atoms with Crippen LogP contribution in [0, 0.1) is 0 Å². The summed E-state index contributed by atoms with van der Waals surface area (Å²) in [5.41, 5.74) is 13.9. The number of rotatable bonds is 3. The predicted octanol–water partition coefficient (Wildman–Crippen LogP) is 10.1. The normalized spacial score (nSPS) is 13.6. The number of hydrogen-bond acceptors (Lipinski definition) is 5. The minimum atomic E-state index is -0.114. The Kier molecular flexibility index (Phi) is 5.69. The lowest BCUT2D eigenvalue weighted by Gasteiger charge is -2.43. The summed E-state index contributed by atoms with van der Waals surface area (Å²) in [5.74, 6) is 1.65. The molecule has 234 valence electrons. The van der Waals surface area contributed by atoms with Crippen LogP contribution in [0.4, 0.5) is 51.2 Å². The SMILES string of the molecule is c1ccc(N2c3ccccc3B3c4oc5ccccc5c4N(c4ccccc4)c4cc(N5c6ccccc6Oc6ccccc65)cc2c43)cc1. The number of ether oxygens (including phenoxy) is 1. The fourth-order valence-electron chi connectivity index (χ4n) is 8.18. The van der Waals surface area contributed by atoms with Crippen molar-refractivity contribution in [3.05, 3.63) is 170 Å². The van der Waals surface area contributed by atoms with E-state index >= 15 is 0 Å². The molecule has 3 aliphatic rings. The van der Waals surface area contributed by atoms with E-state index in [-0.39, 0.29) is 6.71 Å². The molecule has 8 aromatic rings. The second-order valence-corrected chi connectivity index (χ2v) is 12.9. The molecule has 0 spiro atoms. The second kappa shape index (κ2) is 10.4. The molecule has 0 N–H and O–H groups in total. The molecule has 11 rings (SSSR count). The second-order valence-electron chi connectivity index (χ2n) is 12.9. The van der Waals surface area contributed by atoms with Crippen LogP contribution in [0.3, 0.4) is 0 Å². The molecule has 0 atom stereocenters. The van der Waals surface area contributed by atoms with Crippen LogP contribution in [0.2, 0.25) is 0 Å². The Balaban J connectivity index is 1.29. The zero-order valence-corrected chi connectivity index (χ0v) is 26.9. The Hall–Kier alpha value is -6.66. The Bertz CT molecular complexity index is 2570. The first kappa shape index (κ1) is 27.3. The number of nitrogens with zero attached hydrogens (tertiary/aromatic N) is 3. The van der Waals surface area contributed by atoms with Crippen molar-refractivity contribution in [1.82, 2.24) is 0 Å². The summed E-state index contributed by atoms with van der Waals surface area (Å²) >= 11 is 0. The van der Waals surface area contributed by atoms with Gasteiger partial charge in [0.2, 0.25) is 0 Å². The molecule has 0 aliphatic carbocycles. The molecule has 0 radical (unpaired) electrons. The van der Waals surface area contributed by atoms with Gasteiger partial charge in [0, 0.05) is 33.8 Å².